The summed E-state index contributed by atoms with van der Waals surface area (Å²) in [6, 6.07) is -1.07. The molecule has 1 saturated heterocycles. The first-order valence-corrected chi connectivity index (χ1v) is 29.0. The molecule has 0 spiro atoms. The molecule has 1 rings (SSSR count). The number of unbranched alkanes of at least 4 members (excludes halogenated alkanes) is 20. The normalized spacial score (nSPS) is 20.1. The lowest BCUT2D eigenvalue weighted by Crippen LogP contribution is -2.61. The maximum Gasteiger partial charge on any atom is 0.306 e. The zero-order chi connectivity index (χ0) is 53.3. The number of hydrogen-bond acceptors (Lipinski definition) is 10. The number of ether oxygens (including phenoxy) is 3. The van der Waals surface area contributed by atoms with Crippen molar-refractivity contribution in [2.75, 3.05) is 13.2 Å². The minimum absolute atomic E-state index is 0.0524. The maximum absolute atomic E-state index is 13.3. The molecule has 0 saturated carbocycles. The predicted octanol–water partition coefficient (Wildman–Crippen LogP) is 13.2. The second-order valence-corrected chi connectivity index (χ2v) is 19.6. The van der Waals surface area contributed by atoms with E-state index in [1.54, 1.807) is 12.2 Å². The summed E-state index contributed by atoms with van der Waals surface area (Å²) in [5.74, 6) is -1.31. The van der Waals surface area contributed by atoms with Gasteiger partial charge in [0.1, 0.15) is 24.4 Å². The van der Waals surface area contributed by atoms with Crippen molar-refractivity contribution in [1.29, 1.82) is 0 Å². The number of carbonyl (C=O) groups is 2. The lowest BCUT2D eigenvalue weighted by Gasteiger charge is -2.41. The van der Waals surface area contributed by atoms with Crippen LogP contribution in [0.1, 0.15) is 220 Å². The third-order valence-electron chi connectivity index (χ3n) is 13.0. The summed E-state index contributed by atoms with van der Waals surface area (Å²) in [7, 11) is 0. The molecule has 0 radical (unpaired) electrons. The van der Waals surface area contributed by atoms with E-state index in [0.717, 1.165) is 83.5 Å². The molecule has 1 aliphatic rings. The smallest absolute Gasteiger partial charge is 0.306 e. The van der Waals surface area contributed by atoms with E-state index in [2.05, 4.69) is 92.9 Å². The van der Waals surface area contributed by atoms with Gasteiger partial charge in [-0.2, -0.15) is 0 Å². The first-order valence-electron chi connectivity index (χ1n) is 29.0. The number of carbonyl (C=O) groups excluding carboxylic acids is 2. The number of rotatable bonds is 47. The molecule has 8 unspecified atom stereocenters. The first-order chi connectivity index (χ1) is 35.7. The van der Waals surface area contributed by atoms with Gasteiger partial charge in [-0.1, -0.05) is 221 Å². The molecule has 8 atom stereocenters. The maximum atomic E-state index is 13.3. The van der Waals surface area contributed by atoms with Crippen molar-refractivity contribution in [3.05, 3.63) is 97.2 Å². The number of esters is 1. The van der Waals surface area contributed by atoms with Gasteiger partial charge >= 0.3 is 5.97 Å². The second kappa shape index (κ2) is 49.5. The Morgan fingerprint density at radius 1 is 0.548 bits per heavy atom. The lowest BCUT2D eigenvalue weighted by molar-refractivity contribution is -0.305. The molecule has 0 bridgehead atoms. The average Bonchev–Trinajstić information content (AvgIpc) is 3.39. The molecule has 0 aromatic heterocycles. The molecular formula is C62H105NO10. The zero-order valence-corrected chi connectivity index (χ0v) is 46.0. The van der Waals surface area contributed by atoms with Crippen molar-refractivity contribution in [1.82, 2.24) is 5.32 Å². The van der Waals surface area contributed by atoms with Crippen molar-refractivity contribution < 1.29 is 49.3 Å². The van der Waals surface area contributed by atoms with Gasteiger partial charge in [-0.15, -0.1) is 0 Å². The molecule has 0 aliphatic carbocycles. The molecular weight excluding hydrogens is 919 g/mol. The topological polar surface area (TPSA) is 175 Å². The summed E-state index contributed by atoms with van der Waals surface area (Å²) in [5, 5.41) is 56.7. The molecule has 73 heavy (non-hydrogen) atoms. The van der Waals surface area contributed by atoms with Crippen LogP contribution in [0.2, 0.25) is 0 Å². The third kappa shape index (κ3) is 37.9. The average molecular weight is 1020 g/mol. The lowest BCUT2D eigenvalue weighted by atomic mass is 9.99. The summed E-state index contributed by atoms with van der Waals surface area (Å²) in [6.07, 6.45) is 54.7. The van der Waals surface area contributed by atoms with Crippen molar-refractivity contribution in [3.8, 4) is 0 Å². The summed E-state index contributed by atoms with van der Waals surface area (Å²) in [5.41, 5.74) is 0. The summed E-state index contributed by atoms with van der Waals surface area (Å²) in [6.45, 7) is 5.59. The minimum atomic E-state index is -1.64. The minimum Gasteiger partial charge on any atom is -0.454 e. The van der Waals surface area contributed by atoms with E-state index in [1.165, 1.54) is 89.9 Å². The van der Waals surface area contributed by atoms with E-state index in [9.17, 15) is 35.1 Å². The van der Waals surface area contributed by atoms with Gasteiger partial charge in [0.15, 0.2) is 12.4 Å². The fraction of sp³-hybridized carbons (Fsp3) is 0.710. The highest BCUT2D eigenvalue weighted by Gasteiger charge is 2.47. The van der Waals surface area contributed by atoms with E-state index in [-0.39, 0.29) is 19.4 Å². The Bertz CT molecular complexity index is 1550. The van der Waals surface area contributed by atoms with E-state index in [0.29, 0.717) is 12.8 Å². The molecule has 11 heteroatoms. The van der Waals surface area contributed by atoms with Crippen LogP contribution in [0.4, 0.5) is 0 Å². The fourth-order valence-corrected chi connectivity index (χ4v) is 8.37. The summed E-state index contributed by atoms with van der Waals surface area (Å²) >= 11 is 0. The van der Waals surface area contributed by atoms with Crippen LogP contribution in [0.3, 0.4) is 0 Å². The van der Waals surface area contributed by atoms with Crippen molar-refractivity contribution in [3.63, 3.8) is 0 Å². The Hall–Kier alpha value is -3.42. The van der Waals surface area contributed by atoms with Gasteiger partial charge in [-0.3, -0.25) is 9.59 Å². The number of hydrogen-bond donors (Lipinski definition) is 6. The number of aliphatic hydroxyl groups excluding tert-OH is 5. The molecule has 1 amide bonds. The van der Waals surface area contributed by atoms with Crippen molar-refractivity contribution >= 4 is 11.9 Å². The van der Waals surface area contributed by atoms with Crippen LogP contribution in [-0.2, 0) is 23.8 Å². The van der Waals surface area contributed by atoms with E-state index in [4.69, 9.17) is 14.2 Å². The molecule has 418 valence electrons. The van der Waals surface area contributed by atoms with Gasteiger partial charge in [-0.05, 0) is 83.5 Å². The molecule has 1 fully saturated rings. The monoisotopic (exact) mass is 1020 g/mol. The molecule has 11 nitrogen and oxygen atoms in total. The Labute approximate surface area is 444 Å². The highest BCUT2D eigenvalue weighted by atomic mass is 16.7. The van der Waals surface area contributed by atoms with Crippen LogP contribution < -0.4 is 5.32 Å². The van der Waals surface area contributed by atoms with E-state index < -0.39 is 67.4 Å². The molecule has 6 N–H and O–H groups in total. The first kappa shape index (κ1) is 67.6. The van der Waals surface area contributed by atoms with Crippen LogP contribution in [-0.4, -0.2) is 99.6 Å². The van der Waals surface area contributed by atoms with Gasteiger partial charge in [0, 0.05) is 12.8 Å². The molecule has 0 aromatic rings. The highest BCUT2D eigenvalue weighted by molar-refractivity contribution is 5.81. The summed E-state index contributed by atoms with van der Waals surface area (Å²) < 4.78 is 17.5. The highest BCUT2D eigenvalue weighted by Crippen LogP contribution is 2.26. The number of aliphatic hydroxyl groups is 5. The fourth-order valence-electron chi connectivity index (χ4n) is 8.37. The molecule has 1 aliphatic heterocycles. The zero-order valence-electron chi connectivity index (χ0n) is 46.0. The van der Waals surface area contributed by atoms with Crippen molar-refractivity contribution in [2.24, 2.45) is 0 Å². The Morgan fingerprint density at radius 3 is 1.47 bits per heavy atom. The SMILES string of the molecule is CC/C=C\C/C=C\C/C=C\C/C=C\C/C=C\C/C=C\CC(O)C(=O)NC(COC1OC(CO)C(O)C(O)C1OC(=O)CCCCC/C=C\CCCCCCCCC)C(O)/C=C/CCCCCCCCCCCC. The summed E-state index contributed by atoms with van der Waals surface area (Å²) in [4.78, 5) is 26.4. The van der Waals surface area contributed by atoms with E-state index in [1.807, 2.05) is 18.2 Å². The predicted molar refractivity (Wildman–Crippen MR) is 301 cm³/mol. The molecule has 0 aromatic carbocycles. The Balaban J connectivity index is 2.80. The Morgan fingerprint density at radius 2 is 0.986 bits per heavy atom. The van der Waals surface area contributed by atoms with Gasteiger partial charge in [0.25, 0.3) is 0 Å². The van der Waals surface area contributed by atoms with Gasteiger partial charge in [-0.25, -0.2) is 0 Å². The van der Waals surface area contributed by atoms with Gasteiger partial charge in [0.05, 0.1) is 25.4 Å². The second-order valence-electron chi connectivity index (χ2n) is 19.6. The van der Waals surface area contributed by atoms with Crippen LogP contribution in [0.5, 0.6) is 0 Å². The van der Waals surface area contributed by atoms with Crippen molar-refractivity contribution in [2.45, 2.75) is 269 Å². The quantitative estimate of drug-likeness (QED) is 0.0196. The van der Waals surface area contributed by atoms with Crippen LogP contribution in [0.25, 0.3) is 0 Å². The molecule has 1 heterocycles. The number of amides is 1. The van der Waals surface area contributed by atoms with Crippen LogP contribution in [0.15, 0.2) is 97.2 Å². The number of nitrogens with one attached hydrogen (secondary N) is 1. The van der Waals surface area contributed by atoms with Crippen LogP contribution in [0, 0.1) is 0 Å². The van der Waals surface area contributed by atoms with Gasteiger partial charge in [0.2, 0.25) is 5.91 Å². The van der Waals surface area contributed by atoms with Crippen LogP contribution >= 0.6 is 0 Å². The van der Waals surface area contributed by atoms with E-state index >= 15 is 0 Å². The third-order valence-corrected chi connectivity index (χ3v) is 13.0. The number of allylic oxidation sites excluding steroid dienone is 14. The largest absolute Gasteiger partial charge is 0.454 e. The Kier molecular flexibility index (Phi) is 45.8. The standard InChI is InChI=1S/C62H105NO10/c1-4-7-10-13-16-19-22-25-27-28-29-30-31-34-37-40-43-46-49-55(66)61(70)63-53(54(65)48-45-42-39-36-33-24-21-18-15-12-9-6-3)52-71-62-60(59(69)58(68)56(51-64)72-62)73-57(67)50-47-44-41-38-35-32-26-23-20-17-14-11-8-5-2/h7,10,16,19,25,27,29-30,32,34-35,37,43,45-46,48,53-56,58-60,62,64-66,68-69H,4-6,8-9,11-15,17-18,20-24,26,28,31,33,36,38-42,44,47,49-52H2,1-3H3,(H,63,70)/b10-7-,19-16-,27-25-,30-29-,35-32-,37-34-,46-43-,48-45+. The van der Waals surface area contributed by atoms with Gasteiger partial charge < -0.3 is 45.1 Å².